The summed E-state index contributed by atoms with van der Waals surface area (Å²) in [7, 11) is 1.74. The summed E-state index contributed by atoms with van der Waals surface area (Å²) in [6.07, 6.45) is 1.34. The summed E-state index contributed by atoms with van der Waals surface area (Å²) in [6, 6.07) is 10.7. The Kier molecular flexibility index (Phi) is 5.20. The number of carbonyl (C=O) groups excluding carboxylic acids is 3. The molecule has 29 heavy (non-hydrogen) atoms. The van der Waals surface area contributed by atoms with Crippen molar-refractivity contribution in [2.75, 3.05) is 32.0 Å². The summed E-state index contributed by atoms with van der Waals surface area (Å²) in [4.78, 5) is 40.5. The van der Waals surface area contributed by atoms with Crippen LogP contribution in [0.15, 0.2) is 36.4 Å². The van der Waals surface area contributed by atoms with E-state index < -0.39 is 0 Å². The van der Waals surface area contributed by atoms with Gasteiger partial charge >= 0.3 is 6.03 Å². The van der Waals surface area contributed by atoms with E-state index in [1.54, 1.807) is 27.6 Å². The molecule has 9 heteroatoms. The van der Waals surface area contributed by atoms with Crippen molar-refractivity contribution in [3.8, 4) is 0 Å². The summed E-state index contributed by atoms with van der Waals surface area (Å²) >= 11 is 0. The number of likely N-dealkylation sites (N-methyl/N-ethyl adjacent to an activating group) is 1. The standard InChI is InChI=1S/C20H24N6O3/c1-24-11-12-26-17(19(24)28)13-16(23-26)18(27)21-15-7-9-25(10-8-15)20(29)22-14-5-3-2-4-6-14/h2-6,13,15H,7-12H2,1H3,(H,21,27)(H,22,29). The Bertz CT molecular complexity index is 918. The molecule has 0 unspecified atom stereocenters. The molecule has 1 aromatic heterocycles. The third kappa shape index (κ3) is 4.08. The molecule has 1 aromatic carbocycles. The topological polar surface area (TPSA) is 99.6 Å². The fourth-order valence-electron chi connectivity index (χ4n) is 3.62. The zero-order valence-corrected chi connectivity index (χ0v) is 16.3. The minimum atomic E-state index is -0.283. The average molecular weight is 396 g/mol. The maximum absolute atomic E-state index is 12.6. The number of aromatic nitrogens is 2. The lowest BCUT2D eigenvalue weighted by Gasteiger charge is -2.32. The maximum atomic E-state index is 12.6. The molecule has 0 bridgehead atoms. The smallest absolute Gasteiger partial charge is 0.321 e. The van der Waals surface area contributed by atoms with Gasteiger partial charge in [-0.1, -0.05) is 18.2 Å². The van der Waals surface area contributed by atoms with Gasteiger partial charge in [0, 0.05) is 44.5 Å². The van der Waals surface area contributed by atoms with Gasteiger partial charge in [0.15, 0.2) is 5.69 Å². The summed E-state index contributed by atoms with van der Waals surface area (Å²) in [6.45, 7) is 2.29. The number of benzene rings is 1. The van der Waals surface area contributed by atoms with Crippen LogP contribution in [0.4, 0.5) is 10.5 Å². The molecule has 1 fully saturated rings. The van der Waals surface area contributed by atoms with Crippen molar-refractivity contribution in [2.24, 2.45) is 0 Å². The first kappa shape index (κ1) is 19.0. The van der Waals surface area contributed by atoms with Crippen LogP contribution >= 0.6 is 0 Å². The number of fused-ring (bicyclic) bond motifs is 1. The van der Waals surface area contributed by atoms with Crippen LogP contribution < -0.4 is 10.6 Å². The first-order valence-corrected chi connectivity index (χ1v) is 9.76. The van der Waals surface area contributed by atoms with E-state index in [-0.39, 0.29) is 29.6 Å². The number of rotatable bonds is 3. The van der Waals surface area contributed by atoms with E-state index in [1.807, 2.05) is 30.3 Å². The van der Waals surface area contributed by atoms with Crippen LogP contribution in [-0.2, 0) is 6.54 Å². The monoisotopic (exact) mass is 396 g/mol. The van der Waals surface area contributed by atoms with Crippen molar-refractivity contribution in [3.05, 3.63) is 47.8 Å². The van der Waals surface area contributed by atoms with Gasteiger partial charge in [0.25, 0.3) is 11.8 Å². The third-order valence-corrected chi connectivity index (χ3v) is 5.37. The average Bonchev–Trinajstić information content (AvgIpc) is 3.17. The second kappa shape index (κ2) is 7.94. The lowest BCUT2D eigenvalue weighted by Crippen LogP contribution is -2.47. The number of urea groups is 1. The highest BCUT2D eigenvalue weighted by molar-refractivity contribution is 5.98. The number of hydrogen-bond donors (Lipinski definition) is 2. The van der Waals surface area contributed by atoms with Crippen LogP contribution in [0.25, 0.3) is 0 Å². The predicted octanol–water partition coefficient (Wildman–Crippen LogP) is 1.39. The molecule has 0 saturated carbocycles. The number of para-hydroxylation sites is 1. The molecule has 4 rings (SSSR count). The Balaban J connectivity index is 1.30. The van der Waals surface area contributed by atoms with Gasteiger partial charge in [-0.05, 0) is 25.0 Å². The molecule has 2 aliphatic heterocycles. The van der Waals surface area contributed by atoms with Crippen LogP contribution in [0.1, 0.15) is 33.8 Å². The van der Waals surface area contributed by atoms with Gasteiger partial charge in [0.1, 0.15) is 5.69 Å². The van der Waals surface area contributed by atoms with Crippen molar-refractivity contribution >= 4 is 23.5 Å². The van der Waals surface area contributed by atoms with Gasteiger partial charge in [-0.25, -0.2) is 4.79 Å². The first-order valence-electron chi connectivity index (χ1n) is 9.76. The van der Waals surface area contributed by atoms with E-state index >= 15 is 0 Å². The lowest BCUT2D eigenvalue weighted by atomic mass is 10.1. The van der Waals surface area contributed by atoms with Crippen molar-refractivity contribution in [1.82, 2.24) is 24.9 Å². The van der Waals surface area contributed by atoms with Gasteiger partial charge in [-0.3, -0.25) is 14.3 Å². The zero-order valence-electron chi connectivity index (χ0n) is 16.3. The second-order valence-electron chi connectivity index (χ2n) is 7.40. The largest absolute Gasteiger partial charge is 0.348 e. The Morgan fingerprint density at radius 1 is 1.07 bits per heavy atom. The van der Waals surface area contributed by atoms with Crippen LogP contribution in [0.2, 0.25) is 0 Å². The van der Waals surface area contributed by atoms with E-state index in [0.717, 1.165) is 5.69 Å². The first-order chi connectivity index (χ1) is 14.0. The summed E-state index contributed by atoms with van der Waals surface area (Å²) in [5.74, 6) is -0.407. The van der Waals surface area contributed by atoms with Crippen molar-refractivity contribution in [2.45, 2.75) is 25.4 Å². The van der Waals surface area contributed by atoms with Gasteiger partial charge in [0.05, 0.1) is 6.54 Å². The molecule has 1 saturated heterocycles. The molecule has 2 aliphatic rings. The van der Waals surface area contributed by atoms with Crippen LogP contribution in [0.3, 0.4) is 0 Å². The number of piperidine rings is 1. The fourth-order valence-corrected chi connectivity index (χ4v) is 3.62. The summed E-state index contributed by atoms with van der Waals surface area (Å²) in [5.41, 5.74) is 1.46. The van der Waals surface area contributed by atoms with E-state index in [9.17, 15) is 14.4 Å². The lowest BCUT2D eigenvalue weighted by molar-refractivity contribution is 0.0741. The van der Waals surface area contributed by atoms with E-state index in [2.05, 4.69) is 15.7 Å². The number of carbonyl (C=O) groups is 3. The van der Waals surface area contributed by atoms with Crippen molar-refractivity contribution in [3.63, 3.8) is 0 Å². The number of anilines is 1. The fraction of sp³-hybridized carbons (Fsp3) is 0.400. The molecule has 9 nitrogen and oxygen atoms in total. The molecule has 4 amide bonds. The van der Waals surface area contributed by atoms with Gasteiger partial charge < -0.3 is 20.4 Å². The number of likely N-dealkylation sites (tertiary alicyclic amines) is 1. The number of amides is 4. The number of hydrogen-bond acceptors (Lipinski definition) is 4. The number of nitrogens with zero attached hydrogens (tertiary/aromatic N) is 4. The molecular formula is C20H24N6O3. The Labute approximate surface area is 168 Å². The van der Waals surface area contributed by atoms with E-state index in [0.29, 0.717) is 44.7 Å². The Morgan fingerprint density at radius 2 is 1.79 bits per heavy atom. The Hall–Kier alpha value is -3.36. The quantitative estimate of drug-likeness (QED) is 0.819. The second-order valence-corrected chi connectivity index (χ2v) is 7.40. The highest BCUT2D eigenvalue weighted by atomic mass is 16.2. The Morgan fingerprint density at radius 3 is 2.52 bits per heavy atom. The molecule has 3 heterocycles. The summed E-state index contributed by atoms with van der Waals surface area (Å²) < 4.78 is 1.59. The maximum Gasteiger partial charge on any atom is 0.321 e. The van der Waals surface area contributed by atoms with Crippen LogP contribution in [-0.4, -0.2) is 70.1 Å². The minimum absolute atomic E-state index is 0.0274. The van der Waals surface area contributed by atoms with Crippen molar-refractivity contribution < 1.29 is 14.4 Å². The van der Waals surface area contributed by atoms with Crippen LogP contribution in [0, 0.1) is 0 Å². The normalized spacial score (nSPS) is 17.1. The molecular weight excluding hydrogens is 372 g/mol. The summed E-state index contributed by atoms with van der Waals surface area (Å²) in [5, 5.41) is 10.1. The SMILES string of the molecule is CN1CCn2nc(C(=O)NC3CCN(C(=O)Nc4ccccc4)CC3)cc2C1=O. The van der Waals surface area contributed by atoms with E-state index in [4.69, 9.17) is 0 Å². The highest BCUT2D eigenvalue weighted by Gasteiger charge is 2.28. The highest BCUT2D eigenvalue weighted by Crippen LogP contribution is 2.16. The molecule has 0 spiro atoms. The van der Waals surface area contributed by atoms with Gasteiger partial charge in [0.2, 0.25) is 0 Å². The minimum Gasteiger partial charge on any atom is -0.348 e. The molecule has 0 radical (unpaired) electrons. The third-order valence-electron chi connectivity index (χ3n) is 5.37. The predicted molar refractivity (Wildman–Crippen MR) is 107 cm³/mol. The number of nitrogens with one attached hydrogen (secondary N) is 2. The van der Waals surface area contributed by atoms with Gasteiger partial charge in [-0.15, -0.1) is 0 Å². The van der Waals surface area contributed by atoms with Crippen molar-refractivity contribution in [1.29, 1.82) is 0 Å². The van der Waals surface area contributed by atoms with Gasteiger partial charge in [-0.2, -0.15) is 5.10 Å². The molecule has 2 N–H and O–H groups in total. The molecule has 0 atom stereocenters. The van der Waals surface area contributed by atoms with Crippen LogP contribution in [0.5, 0.6) is 0 Å². The molecule has 0 aliphatic carbocycles. The zero-order chi connectivity index (χ0) is 20.4. The molecule has 152 valence electrons. The van der Waals surface area contributed by atoms with E-state index in [1.165, 1.54) is 0 Å². The molecule has 2 aromatic rings.